The van der Waals surface area contributed by atoms with Crippen LogP contribution in [0, 0.1) is 12.3 Å². The number of nitrogens with zero attached hydrogens (tertiary/aromatic N) is 3. The van der Waals surface area contributed by atoms with Gasteiger partial charge in [-0.25, -0.2) is 9.13 Å². The van der Waals surface area contributed by atoms with E-state index in [1.165, 1.54) is 6.21 Å². The average molecular weight is 258 g/mol. The Morgan fingerprint density at radius 3 is 3.06 bits per heavy atom. The Morgan fingerprint density at radius 2 is 2.47 bits per heavy atom. The number of rotatable bonds is 5. The summed E-state index contributed by atoms with van der Waals surface area (Å²) in [5, 5.41) is 11.5. The third-order valence-electron chi connectivity index (χ3n) is 2.20. The first kappa shape index (κ1) is 15.5. The predicted molar refractivity (Wildman–Crippen MR) is 59.0 cm³/mol. The fourth-order valence-electron chi connectivity index (χ4n) is 1.29. The minimum absolute atomic E-state index is 0. The number of hydrogen-bond donors (Lipinski definition) is 1. The minimum atomic E-state index is 0. The van der Waals surface area contributed by atoms with Crippen LogP contribution in [0.3, 0.4) is 0 Å². The van der Waals surface area contributed by atoms with Gasteiger partial charge >= 0.3 is 5.82 Å². The van der Waals surface area contributed by atoms with Crippen LogP contribution in [0.5, 0.6) is 0 Å². The minimum Gasteiger partial charge on any atom is -1.00 e. The molecule has 94 valence electrons. The highest BCUT2D eigenvalue weighted by molar-refractivity contribution is 5.72. The maximum absolute atomic E-state index is 8.52. The van der Waals surface area contributed by atoms with Crippen LogP contribution in [-0.4, -0.2) is 22.1 Å². The molecule has 6 heteroatoms. The number of aromatic nitrogens is 2. The third kappa shape index (κ3) is 4.47. The number of oxime groups is 1. The first-order valence-corrected chi connectivity index (χ1v) is 4.96. The van der Waals surface area contributed by atoms with Crippen LogP contribution in [-0.2, 0) is 18.5 Å². The van der Waals surface area contributed by atoms with Crippen molar-refractivity contribution in [3.8, 4) is 12.3 Å². The summed E-state index contributed by atoms with van der Waals surface area (Å²) in [4.78, 5) is 0. The molecule has 0 amide bonds. The quantitative estimate of drug-likeness (QED) is 0.209. The second-order valence-corrected chi connectivity index (χ2v) is 3.50. The Hall–Kier alpha value is -1.51. The van der Waals surface area contributed by atoms with Crippen molar-refractivity contribution in [1.29, 1.82) is 0 Å². The predicted octanol–water partition coefficient (Wildman–Crippen LogP) is -2.49. The molecule has 5 nitrogen and oxygen atoms in total. The summed E-state index contributed by atoms with van der Waals surface area (Å²) in [5.41, 5.74) is 0. The standard InChI is InChI=1S/C11H15N3O2.ClH/c1-4-5-10(2)16-9-14-7-6-13(3)11(14)8-12-15;/h1,6-8,10H,5,9H2,2-3H3;1H. The summed E-state index contributed by atoms with van der Waals surface area (Å²) < 4.78 is 9.19. The second-order valence-electron chi connectivity index (χ2n) is 3.50. The maximum atomic E-state index is 8.52. The van der Waals surface area contributed by atoms with Crippen LogP contribution in [0.4, 0.5) is 0 Å². The number of halogens is 1. The van der Waals surface area contributed by atoms with Gasteiger partial charge in [-0.05, 0) is 6.92 Å². The van der Waals surface area contributed by atoms with Crippen LogP contribution in [0.1, 0.15) is 19.2 Å². The number of aryl methyl sites for hydroxylation is 1. The molecule has 0 aromatic carbocycles. The van der Waals surface area contributed by atoms with Gasteiger partial charge in [-0.1, -0.05) is 5.16 Å². The smallest absolute Gasteiger partial charge is 0.305 e. The largest absolute Gasteiger partial charge is 1.00 e. The van der Waals surface area contributed by atoms with E-state index in [1.54, 1.807) is 0 Å². The van der Waals surface area contributed by atoms with Crippen molar-refractivity contribution in [2.24, 2.45) is 12.2 Å². The summed E-state index contributed by atoms with van der Waals surface area (Å²) in [6.45, 7) is 2.30. The van der Waals surface area contributed by atoms with Crippen molar-refractivity contribution in [3.05, 3.63) is 18.2 Å². The Labute approximate surface area is 107 Å². The molecule has 1 aromatic heterocycles. The number of ether oxygens (including phenoxy) is 1. The monoisotopic (exact) mass is 257 g/mol. The molecule has 0 aliphatic rings. The summed E-state index contributed by atoms with van der Waals surface area (Å²) in [6, 6.07) is 0. The highest BCUT2D eigenvalue weighted by Gasteiger charge is 2.13. The van der Waals surface area contributed by atoms with Crippen LogP contribution < -0.4 is 17.0 Å². The van der Waals surface area contributed by atoms with Crippen molar-refractivity contribution < 1.29 is 26.9 Å². The van der Waals surface area contributed by atoms with Crippen molar-refractivity contribution >= 4 is 6.21 Å². The Balaban J connectivity index is 0.00000256. The molecule has 0 bridgehead atoms. The molecule has 0 saturated carbocycles. The molecule has 0 aliphatic heterocycles. The molecule has 1 rings (SSSR count). The van der Waals surface area contributed by atoms with Crippen molar-refractivity contribution in [2.45, 2.75) is 26.2 Å². The van der Waals surface area contributed by atoms with Crippen LogP contribution in [0.25, 0.3) is 0 Å². The summed E-state index contributed by atoms with van der Waals surface area (Å²) in [7, 11) is 1.86. The molecule has 1 heterocycles. The Morgan fingerprint density at radius 1 is 1.76 bits per heavy atom. The van der Waals surface area contributed by atoms with Gasteiger partial charge in [0.1, 0.15) is 12.4 Å². The van der Waals surface area contributed by atoms with Crippen LogP contribution >= 0.6 is 0 Å². The zero-order valence-electron chi connectivity index (χ0n) is 9.88. The van der Waals surface area contributed by atoms with Gasteiger partial charge < -0.3 is 22.4 Å². The molecular formula is C11H16ClN3O2. The second kappa shape index (κ2) is 7.71. The SMILES string of the molecule is C#CCC(C)OCn1cc[n+](C)c1/C=N/O.[Cl-]. The van der Waals surface area contributed by atoms with Crippen molar-refractivity contribution in [3.63, 3.8) is 0 Å². The first-order valence-electron chi connectivity index (χ1n) is 4.96. The van der Waals surface area contributed by atoms with Gasteiger partial charge in [-0.3, -0.25) is 0 Å². The lowest BCUT2D eigenvalue weighted by atomic mass is 10.3. The number of terminal acetylenes is 1. The molecule has 0 aliphatic carbocycles. The van der Waals surface area contributed by atoms with Gasteiger partial charge in [0.25, 0.3) is 0 Å². The van der Waals surface area contributed by atoms with Crippen molar-refractivity contribution in [2.75, 3.05) is 0 Å². The third-order valence-corrected chi connectivity index (χ3v) is 2.20. The lowest BCUT2D eigenvalue weighted by molar-refractivity contribution is -0.672. The van der Waals surface area contributed by atoms with E-state index < -0.39 is 0 Å². The zero-order chi connectivity index (χ0) is 12.0. The molecule has 1 atom stereocenters. The molecule has 17 heavy (non-hydrogen) atoms. The number of hydrogen-bond acceptors (Lipinski definition) is 3. The average Bonchev–Trinajstić information content (AvgIpc) is 2.59. The van der Waals surface area contributed by atoms with E-state index in [-0.39, 0.29) is 18.5 Å². The molecule has 1 N–H and O–H groups in total. The summed E-state index contributed by atoms with van der Waals surface area (Å²) in [6.07, 6.45) is 10.8. The molecule has 1 unspecified atom stereocenters. The van der Waals surface area contributed by atoms with Gasteiger partial charge in [0.05, 0.1) is 13.2 Å². The van der Waals surface area contributed by atoms with Gasteiger partial charge in [-0.2, -0.15) is 0 Å². The lowest BCUT2D eigenvalue weighted by Gasteiger charge is -2.07. The van der Waals surface area contributed by atoms with E-state index in [9.17, 15) is 0 Å². The van der Waals surface area contributed by atoms with E-state index in [2.05, 4.69) is 11.1 Å². The van der Waals surface area contributed by atoms with E-state index in [0.717, 1.165) is 5.82 Å². The highest BCUT2D eigenvalue weighted by atomic mass is 35.5. The highest BCUT2D eigenvalue weighted by Crippen LogP contribution is 2.00. The summed E-state index contributed by atoms with van der Waals surface area (Å²) in [5.74, 6) is 3.29. The maximum Gasteiger partial charge on any atom is 0.305 e. The van der Waals surface area contributed by atoms with E-state index in [0.29, 0.717) is 13.2 Å². The molecule has 0 fully saturated rings. The molecule has 0 spiro atoms. The van der Waals surface area contributed by atoms with E-state index >= 15 is 0 Å². The van der Waals surface area contributed by atoms with Gasteiger partial charge in [0, 0.05) is 6.42 Å². The van der Waals surface area contributed by atoms with Crippen molar-refractivity contribution in [1.82, 2.24) is 4.57 Å². The van der Waals surface area contributed by atoms with Crippen LogP contribution in [0.15, 0.2) is 17.5 Å². The molecular weight excluding hydrogens is 242 g/mol. The molecule has 1 aromatic rings. The normalized spacial score (nSPS) is 12.1. The van der Waals surface area contributed by atoms with Gasteiger partial charge in [-0.15, -0.1) is 12.3 Å². The fourth-order valence-corrected chi connectivity index (χ4v) is 1.29. The fraction of sp³-hybridized carbons (Fsp3) is 0.455. The topological polar surface area (TPSA) is 50.6 Å². The molecule has 0 saturated heterocycles. The van der Waals surface area contributed by atoms with E-state index in [1.807, 2.05) is 35.5 Å². The first-order chi connectivity index (χ1) is 7.69. The Kier molecular flexibility index (Phi) is 7.03. The lowest BCUT2D eigenvalue weighted by Crippen LogP contribution is -3.00. The van der Waals surface area contributed by atoms with Gasteiger partial charge in [0.2, 0.25) is 0 Å². The number of imidazole rings is 1. The van der Waals surface area contributed by atoms with Gasteiger partial charge in [0.15, 0.2) is 12.9 Å². The Bertz CT molecular complexity index is 409. The van der Waals surface area contributed by atoms with E-state index in [4.69, 9.17) is 16.4 Å². The zero-order valence-corrected chi connectivity index (χ0v) is 10.6. The van der Waals surface area contributed by atoms with Crippen LogP contribution in [0.2, 0.25) is 0 Å². The summed E-state index contributed by atoms with van der Waals surface area (Å²) >= 11 is 0. The molecule has 0 radical (unpaired) electrons.